The van der Waals surface area contributed by atoms with Crippen LogP contribution in [0.4, 0.5) is 0 Å². The molecular formula is C20H24N2. The van der Waals surface area contributed by atoms with Gasteiger partial charge in [-0.1, -0.05) is 60.4 Å². The summed E-state index contributed by atoms with van der Waals surface area (Å²) in [6.45, 7) is 3.82. The van der Waals surface area contributed by atoms with E-state index in [2.05, 4.69) is 77.5 Å². The predicted octanol–water partition coefficient (Wildman–Crippen LogP) is 3.61. The van der Waals surface area contributed by atoms with Gasteiger partial charge in [0.2, 0.25) is 0 Å². The van der Waals surface area contributed by atoms with Crippen LogP contribution >= 0.6 is 0 Å². The standard InChI is InChI=1S/C20H24N2/c1-17(21-15-8-4-5-9-16-22(2)3)19-14-10-12-18-11-6-7-13-20(18)19/h4,6-8,10-14,17,21H,15-16H2,1-3H3/b8-4+/t17-/m1/s1. The molecular weight excluding hydrogens is 268 g/mol. The quantitative estimate of drug-likeness (QED) is 0.847. The Balaban J connectivity index is 1.93. The number of allylic oxidation sites excluding steroid dienone is 1. The predicted molar refractivity (Wildman–Crippen MR) is 95.8 cm³/mol. The zero-order valence-corrected chi connectivity index (χ0v) is 13.6. The molecule has 2 aromatic carbocycles. The van der Waals surface area contributed by atoms with E-state index < -0.39 is 0 Å². The van der Waals surface area contributed by atoms with E-state index >= 15 is 0 Å². The summed E-state index contributed by atoms with van der Waals surface area (Å²) in [5, 5.41) is 6.14. The Bertz CT molecular complexity index is 684. The fraction of sp³-hybridized carbons (Fsp3) is 0.300. The second-order valence-electron chi connectivity index (χ2n) is 5.66. The maximum atomic E-state index is 3.53. The third kappa shape index (κ3) is 4.73. The average molecular weight is 292 g/mol. The highest BCUT2D eigenvalue weighted by atomic mass is 15.0. The molecule has 0 fully saturated rings. The van der Waals surface area contributed by atoms with Gasteiger partial charge in [0.15, 0.2) is 0 Å². The first-order valence-corrected chi connectivity index (χ1v) is 7.67. The van der Waals surface area contributed by atoms with Gasteiger partial charge in [0.1, 0.15) is 0 Å². The van der Waals surface area contributed by atoms with Gasteiger partial charge >= 0.3 is 0 Å². The second-order valence-corrected chi connectivity index (χ2v) is 5.66. The highest BCUT2D eigenvalue weighted by Crippen LogP contribution is 2.23. The van der Waals surface area contributed by atoms with Crippen molar-refractivity contribution < 1.29 is 0 Å². The molecule has 0 saturated heterocycles. The topological polar surface area (TPSA) is 15.3 Å². The molecule has 0 bridgehead atoms. The number of hydrogen-bond acceptors (Lipinski definition) is 2. The lowest BCUT2D eigenvalue weighted by Crippen LogP contribution is -2.18. The van der Waals surface area contributed by atoms with Crippen LogP contribution in [0.1, 0.15) is 18.5 Å². The number of nitrogens with zero attached hydrogens (tertiary/aromatic N) is 1. The number of nitrogens with one attached hydrogen (secondary N) is 1. The van der Waals surface area contributed by atoms with Crippen LogP contribution in [0.3, 0.4) is 0 Å². The normalized spacial score (nSPS) is 12.5. The van der Waals surface area contributed by atoms with E-state index in [0.29, 0.717) is 6.04 Å². The largest absolute Gasteiger partial charge is 0.307 e. The van der Waals surface area contributed by atoms with Gasteiger partial charge in [0.05, 0.1) is 6.54 Å². The first-order chi connectivity index (χ1) is 10.7. The van der Waals surface area contributed by atoms with E-state index in [4.69, 9.17) is 0 Å². The van der Waals surface area contributed by atoms with Crippen molar-refractivity contribution in [3.63, 3.8) is 0 Å². The van der Waals surface area contributed by atoms with Gasteiger partial charge in [0, 0.05) is 12.6 Å². The van der Waals surface area contributed by atoms with E-state index in [-0.39, 0.29) is 0 Å². The van der Waals surface area contributed by atoms with E-state index in [0.717, 1.165) is 13.1 Å². The first kappa shape index (κ1) is 16.3. The van der Waals surface area contributed by atoms with Crippen molar-refractivity contribution in [2.24, 2.45) is 0 Å². The molecule has 114 valence electrons. The minimum Gasteiger partial charge on any atom is -0.307 e. The summed E-state index contributed by atoms with van der Waals surface area (Å²) in [6, 6.07) is 15.3. The number of rotatable bonds is 5. The Morgan fingerprint density at radius 3 is 2.73 bits per heavy atom. The van der Waals surface area contributed by atoms with Crippen LogP contribution in [-0.2, 0) is 0 Å². The van der Waals surface area contributed by atoms with Crippen LogP contribution in [0.2, 0.25) is 0 Å². The molecule has 0 aromatic heterocycles. The van der Waals surface area contributed by atoms with Crippen LogP contribution in [0.25, 0.3) is 10.8 Å². The van der Waals surface area contributed by atoms with Gasteiger partial charge in [-0.2, -0.15) is 0 Å². The van der Waals surface area contributed by atoms with Crippen molar-refractivity contribution in [3.8, 4) is 11.8 Å². The molecule has 0 aliphatic rings. The van der Waals surface area contributed by atoms with Crippen molar-refractivity contribution in [2.45, 2.75) is 13.0 Å². The van der Waals surface area contributed by atoms with Crippen LogP contribution in [0.15, 0.2) is 54.6 Å². The van der Waals surface area contributed by atoms with Crippen LogP contribution in [0, 0.1) is 11.8 Å². The monoisotopic (exact) mass is 292 g/mol. The van der Waals surface area contributed by atoms with Gasteiger partial charge in [0.25, 0.3) is 0 Å². The SMILES string of the molecule is C[C@@H](NC/C=C/C#CCN(C)C)c1cccc2ccccc12. The lowest BCUT2D eigenvalue weighted by atomic mass is 10.00. The van der Waals surface area contributed by atoms with Crippen LogP contribution < -0.4 is 5.32 Å². The molecule has 0 unspecified atom stereocenters. The van der Waals surface area contributed by atoms with E-state index in [9.17, 15) is 0 Å². The summed E-state index contributed by atoms with van der Waals surface area (Å²) in [6.07, 6.45) is 4.00. The van der Waals surface area contributed by atoms with Crippen molar-refractivity contribution in [1.82, 2.24) is 10.2 Å². The zero-order valence-electron chi connectivity index (χ0n) is 13.6. The highest BCUT2D eigenvalue weighted by molar-refractivity contribution is 5.86. The third-order valence-corrected chi connectivity index (χ3v) is 3.53. The molecule has 0 amide bonds. The number of fused-ring (bicyclic) bond motifs is 1. The van der Waals surface area contributed by atoms with E-state index in [1.807, 2.05) is 20.2 Å². The molecule has 2 rings (SSSR count). The number of benzene rings is 2. The lowest BCUT2D eigenvalue weighted by Gasteiger charge is -2.15. The maximum Gasteiger partial charge on any atom is 0.0600 e. The fourth-order valence-electron chi connectivity index (χ4n) is 2.36. The van der Waals surface area contributed by atoms with Crippen molar-refractivity contribution in [2.75, 3.05) is 27.2 Å². The Morgan fingerprint density at radius 1 is 1.14 bits per heavy atom. The molecule has 2 aromatic rings. The summed E-state index contributed by atoms with van der Waals surface area (Å²) in [5.74, 6) is 6.14. The van der Waals surface area contributed by atoms with Gasteiger partial charge < -0.3 is 5.32 Å². The second kappa shape index (κ2) is 8.38. The Hall–Kier alpha value is -2.08. The Labute approximate surface area is 133 Å². The van der Waals surface area contributed by atoms with Gasteiger partial charge in [-0.15, -0.1) is 0 Å². The molecule has 0 spiro atoms. The summed E-state index contributed by atoms with van der Waals surface area (Å²) in [4.78, 5) is 2.06. The molecule has 2 nitrogen and oxygen atoms in total. The Kier molecular flexibility index (Phi) is 6.21. The van der Waals surface area contributed by atoms with Crippen molar-refractivity contribution >= 4 is 10.8 Å². The minimum atomic E-state index is 0.311. The molecule has 22 heavy (non-hydrogen) atoms. The fourth-order valence-corrected chi connectivity index (χ4v) is 2.36. The molecule has 0 aliphatic carbocycles. The number of hydrogen-bond donors (Lipinski definition) is 1. The lowest BCUT2D eigenvalue weighted by molar-refractivity contribution is 0.464. The summed E-state index contributed by atoms with van der Waals surface area (Å²) < 4.78 is 0. The van der Waals surface area contributed by atoms with Crippen molar-refractivity contribution in [1.29, 1.82) is 0 Å². The molecule has 0 saturated carbocycles. The van der Waals surface area contributed by atoms with E-state index in [1.165, 1.54) is 16.3 Å². The van der Waals surface area contributed by atoms with Gasteiger partial charge in [-0.05, 0) is 43.4 Å². The smallest absolute Gasteiger partial charge is 0.0600 e. The molecule has 0 aliphatic heterocycles. The van der Waals surface area contributed by atoms with Crippen LogP contribution in [0.5, 0.6) is 0 Å². The van der Waals surface area contributed by atoms with E-state index in [1.54, 1.807) is 0 Å². The molecule has 0 heterocycles. The molecule has 1 N–H and O–H groups in total. The minimum absolute atomic E-state index is 0.311. The zero-order chi connectivity index (χ0) is 15.8. The van der Waals surface area contributed by atoms with Crippen molar-refractivity contribution in [3.05, 3.63) is 60.2 Å². The van der Waals surface area contributed by atoms with Gasteiger partial charge in [-0.3, -0.25) is 4.90 Å². The summed E-state index contributed by atoms with van der Waals surface area (Å²) in [5.41, 5.74) is 1.34. The van der Waals surface area contributed by atoms with Gasteiger partial charge in [-0.25, -0.2) is 0 Å². The molecule has 1 atom stereocenters. The Morgan fingerprint density at radius 2 is 1.91 bits per heavy atom. The summed E-state index contributed by atoms with van der Waals surface area (Å²) >= 11 is 0. The van der Waals surface area contributed by atoms with Crippen LogP contribution in [-0.4, -0.2) is 32.1 Å². The average Bonchev–Trinajstić information content (AvgIpc) is 2.53. The molecule has 2 heteroatoms. The first-order valence-electron chi connectivity index (χ1n) is 7.67. The third-order valence-electron chi connectivity index (χ3n) is 3.53. The maximum absolute atomic E-state index is 3.53. The molecule has 0 radical (unpaired) electrons. The highest BCUT2D eigenvalue weighted by Gasteiger charge is 2.07. The summed E-state index contributed by atoms with van der Waals surface area (Å²) in [7, 11) is 4.04.